The Morgan fingerprint density at radius 2 is 2.19 bits per heavy atom. The third kappa shape index (κ3) is 4.11. The normalized spacial score (nSPS) is 19.0. The molecule has 27 heavy (non-hydrogen) atoms. The number of carbonyl (C=O) groups excluding carboxylic acids is 1. The number of fused-ring (bicyclic) bond motifs is 1. The third-order valence-electron chi connectivity index (χ3n) is 5.27. The lowest BCUT2D eigenvalue weighted by Crippen LogP contribution is -2.37. The van der Waals surface area contributed by atoms with Crippen LogP contribution in [0.2, 0.25) is 0 Å². The van der Waals surface area contributed by atoms with Gasteiger partial charge in [0.05, 0.1) is 24.8 Å². The van der Waals surface area contributed by atoms with Crippen LogP contribution in [0.5, 0.6) is 5.75 Å². The van der Waals surface area contributed by atoms with Crippen molar-refractivity contribution < 1.29 is 9.53 Å². The van der Waals surface area contributed by atoms with Crippen LogP contribution in [0.4, 0.5) is 0 Å². The minimum atomic E-state index is 0.145. The molecule has 1 N–H and O–H groups in total. The van der Waals surface area contributed by atoms with Crippen molar-refractivity contribution in [1.82, 2.24) is 20.2 Å². The third-order valence-corrected chi connectivity index (χ3v) is 5.27. The Bertz CT molecular complexity index is 800. The number of rotatable bonds is 5. The van der Waals surface area contributed by atoms with Gasteiger partial charge in [-0.3, -0.25) is 4.79 Å². The van der Waals surface area contributed by atoms with Crippen LogP contribution in [0.3, 0.4) is 0 Å². The van der Waals surface area contributed by atoms with Crippen LogP contribution in [0, 0.1) is 0 Å². The smallest absolute Gasteiger partial charge is 0.227 e. The van der Waals surface area contributed by atoms with Gasteiger partial charge < -0.3 is 15.0 Å². The molecule has 0 saturated carbocycles. The minimum absolute atomic E-state index is 0.145. The molecule has 6 nitrogen and oxygen atoms in total. The van der Waals surface area contributed by atoms with E-state index in [4.69, 9.17) is 9.72 Å². The Morgan fingerprint density at radius 3 is 2.93 bits per heavy atom. The Kier molecular flexibility index (Phi) is 5.34. The summed E-state index contributed by atoms with van der Waals surface area (Å²) >= 11 is 0. The average molecular weight is 366 g/mol. The van der Waals surface area contributed by atoms with Crippen LogP contribution in [-0.4, -0.2) is 40.5 Å². The van der Waals surface area contributed by atoms with Gasteiger partial charge in [0.2, 0.25) is 5.91 Å². The molecule has 1 fully saturated rings. The van der Waals surface area contributed by atoms with Gasteiger partial charge in [0.15, 0.2) is 0 Å². The maximum atomic E-state index is 12.7. The number of aromatic nitrogens is 2. The summed E-state index contributed by atoms with van der Waals surface area (Å²) in [5.74, 6) is 1.89. The van der Waals surface area contributed by atoms with Gasteiger partial charge in [-0.1, -0.05) is 12.1 Å². The predicted octanol–water partition coefficient (Wildman–Crippen LogP) is 2.43. The van der Waals surface area contributed by atoms with E-state index in [9.17, 15) is 4.79 Å². The highest BCUT2D eigenvalue weighted by atomic mass is 16.5. The summed E-state index contributed by atoms with van der Waals surface area (Å²) in [5, 5.41) is 3.45. The van der Waals surface area contributed by atoms with E-state index in [2.05, 4.69) is 10.3 Å². The van der Waals surface area contributed by atoms with Crippen molar-refractivity contribution in [3.8, 4) is 5.75 Å². The van der Waals surface area contributed by atoms with E-state index in [1.165, 1.54) is 6.42 Å². The Hall–Kier alpha value is -2.47. The van der Waals surface area contributed by atoms with Gasteiger partial charge >= 0.3 is 0 Å². The molecule has 0 radical (unpaired) electrons. The second-order valence-corrected chi connectivity index (χ2v) is 7.17. The molecule has 2 aromatic rings. The molecule has 6 heteroatoms. The van der Waals surface area contributed by atoms with Gasteiger partial charge in [-0.15, -0.1) is 0 Å². The van der Waals surface area contributed by atoms with Gasteiger partial charge in [0.25, 0.3) is 0 Å². The van der Waals surface area contributed by atoms with E-state index >= 15 is 0 Å². The number of amides is 1. The SMILES string of the molecule is CCOc1ccc(CC(=O)N2CCc3nc([C@H]4CCCN4)ncc3C2)cc1. The van der Waals surface area contributed by atoms with Crippen LogP contribution in [0.15, 0.2) is 30.5 Å². The molecule has 142 valence electrons. The Labute approximate surface area is 160 Å². The van der Waals surface area contributed by atoms with Crippen molar-refractivity contribution in [3.63, 3.8) is 0 Å². The minimum Gasteiger partial charge on any atom is -0.494 e. The number of benzene rings is 1. The van der Waals surface area contributed by atoms with Crippen molar-refractivity contribution in [2.45, 2.75) is 45.2 Å². The molecular formula is C21H26N4O2. The summed E-state index contributed by atoms with van der Waals surface area (Å²) in [6.45, 7) is 4.97. The molecule has 1 saturated heterocycles. The van der Waals surface area contributed by atoms with Crippen LogP contribution in [-0.2, 0) is 24.2 Å². The predicted molar refractivity (Wildman–Crippen MR) is 102 cm³/mol. The zero-order valence-corrected chi connectivity index (χ0v) is 15.8. The number of hydrogen-bond acceptors (Lipinski definition) is 5. The first kappa shape index (κ1) is 17.9. The number of nitrogens with zero attached hydrogens (tertiary/aromatic N) is 3. The van der Waals surface area contributed by atoms with Crippen LogP contribution < -0.4 is 10.1 Å². The van der Waals surface area contributed by atoms with Crippen LogP contribution in [0.1, 0.15) is 48.5 Å². The van der Waals surface area contributed by atoms with Gasteiger partial charge in [0, 0.05) is 31.3 Å². The van der Waals surface area contributed by atoms with Crippen LogP contribution >= 0.6 is 0 Å². The molecule has 0 spiro atoms. The quantitative estimate of drug-likeness (QED) is 0.880. The van der Waals surface area contributed by atoms with Gasteiger partial charge in [-0.2, -0.15) is 0 Å². The second kappa shape index (κ2) is 8.05. The van der Waals surface area contributed by atoms with Gasteiger partial charge in [-0.05, 0) is 44.0 Å². The molecule has 4 rings (SSSR count). The first-order valence-electron chi connectivity index (χ1n) is 9.80. The molecule has 2 aliphatic rings. The lowest BCUT2D eigenvalue weighted by Gasteiger charge is -2.28. The fourth-order valence-electron chi connectivity index (χ4n) is 3.77. The highest BCUT2D eigenvalue weighted by molar-refractivity contribution is 5.79. The molecule has 0 aliphatic carbocycles. The van der Waals surface area contributed by atoms with Crippen LogP contribution in [0.25, 0.3) is 0 Å². The fraction of sp³-hybridized carbons (Fsp3) is 0.476. The lowest BCUT2D eigenvalue weighted by atomic mass is 10.0. The molecule has 2 aliphatic heterocycles. The number of ether oxygens (including phenoxy) is 1. The first-order chi connectivity index (χ1) is 13.2. The standard InChI is InChI=1S/C21H26N4O2/c1-2-27-17-7-5-15(6-8-17)12-20(26)25-11-9-18-16(14-25)13-23-21(24-18)19-4-3-10-22-19/h5-8,13,19,22H,2-4,9-12,14H2,1H3/t19-/m1/s1. The molecule has 0 unspecified atom stereocenters. The Balaban J connectivity index is 1.39. The summed E-state index contributed by atoms with van der Waals surface area (Å²) in [7, 11) is 0. The summed E-state index contributed by atoms with van der Waals surface area (Å²) in [6.07, 6.45) is 5.40. The second-order valence-electron chi connectivity index (χ2n) is 7.17. The molecule has 0 bridgehead atoms. The highest BCUT2D eigenvalue weighted by Crippen LogP contribution is 2.23. The maximum absolute atomic E-state index is 12.7. The average Bonchev–Trinajstić information content (AvgIpc) is 3.24. The zero-order valence-electron chi connectivity index (χ0n) is 15.8. The van der Waals surface area contributed by atoms with E-state index in [0.717, 1.165) is 54.3 Å². The summed E-state index contributed by atoms with van der Waals surface area (Å²) < 4.78 is 5.45. The van der Waals surface area contributed by atoms with E-state index in [-0.39, 0.29) is 11.9 Å². The summed E-state index contributed by atoms with van der Waals surface area (Å²) in [6, 6.07) is 8.05. The lowest BCUT2D eigenvalue weighted by molar-refractivity contribution is -0.131. The van der Waals surface area contributed by atoms with Crippen molar-refractivity contribution in [2.75, 3.05) is 19.7 Å². The van der Waals surface area contributed by atoms with E-state index in [1.54, 1.807) is 0 Å². The number of carbonyl (C=O) groups is 1. The largest absolute Gasteiger partial charge is 0.494 e. The van der Waals surface area contributed by atoms with E-state index < -0.39 is 0 Å². The molecule has 3 heterocycles. The molecule has 1 aromatic heterocycles. The summed E-state index contributed by atoms with van der Waals surface area (Å²) in [5.41, 5.74) is 3.18. The van der Waals surface area contributed by atoms with E-state index in [1.807, 2.05) is 42.3 Å². The Morgan fingerprint density at radius 1 is 1.33 bits per heavy atom. The molecular weight excluding hydrogens is 340 g/mol. The maximum Gasteiger partial charge on any atom is 0.227 e. The number of nitrogens with one attached hydrogen (secondary N) is 1. The monoisotopic (exact) mass is 366 g/mol. The molecule has 1 aromatic carbocycles. The molecule has 1 atom stereocenters. The summed E-state index contributed by atoms with van der Waals surface area (Å²) in [4.78, 5) is 23.9. The number of hydrogen-bond donors (Lipinski definition) is 1. The van der Waals surface area contributed by atoms with Crippen molar-refractivity contribution in [2.24, 2.45) is 0 Å². The van der Waals surface area contributed by atoms with Gasteiger partial charge in [0.1, 0.15) is 11.6 Å². The van der Waals surface area contributed by atoms with Crippen molar-refractivity contribution in [3.05, 3.63) is 53.1 Å². The van der Waals surface area contributed by atoms with Crippen molar-refractivity contribution >= 4 is 5.91 Å². The highest BCUT2D eigenvalue weighted by Gasteiger charge is 2.25. The van der Waals surface area contributed by atoms with Crippen molar-refractivity contribution in [1.29, 1.82) is 0 Å². The topological polar surface area (TPSA) is 67.3 Å². The van der Waals surface area contributed by atoms with E-state index in [0.29, 0.717) is 19.6 Å². The van der Waals surface area contributed by atoms with Gasteiger partial charge in [-0.25, -0.2) is 9.97 Å². The fourth-order valence-corrected chi connectivity index (χ4v) is 3.77. The first-order valence-corrected chi connectivity index (χ1v) is 9.80. The zero-order chi connectivity index (χ0) is 18.6. The molecule has 1 amide bonds.